The third-order valence-electron chi connectivity index (χ3n) is 5.21. The maximum absolute atomic E-state index is 12.8. The first kappa shape index (κ1) is 27.0. The molecule has 192 valence electrons. The number of carbonyl (C=O) groups is 1. The molecule has 1 unspecified atom stereocenters. The number of benzene rings is 1. The molecule has 0 aliphatic heterocycles. The van der Waals surface area contributed by atoms with Gasteiger partial charge in [-0.3, -0.25) is 18.5 Å². The second-order valence-electron chi connectivity index (χ2n) is 8.33. The first-order valence-corrected chi connectivity index (χ1v) is 12.4. The standard InChI is InChI=1S/C24H31N7O4S/c1-7-35-30-24(32)18-13-25-22(29-23-10-15(4)26-16(5)27-23)12-20(18)28-19-9-8-17(14(2)3)11-21(19)31(6)36(33)34/h8-14H,7H2,1-6H3,(H,30,32)(H,33,34)(H2,25,26,27,28,29). The lowest BCUT2D eigenvalue weighted by molar-refractivity contribution is 0.0365. The molecular formula is C24H31N7O4S. The van der Waals surface area contributed by atoms with Crippen molar-refractivity contribution in [1.82, 2.24) is 20.4 Å². The van der Waals surface area contributed by atoms with Gasteiger partial charge < -0.3 is 10.6 Å². The number of hydroxylamine groups is 1. The molecule has 36 heavy (non-hydrogen) atoms. The molecule has 12 heteroatoms. The van der Waals surface area contributed by atoms with Crippen LogP contribution in [0.1, 0.15) is 54.1 Å². The maximum Gasteiger partial charge on any atom is 0.278 e. The minimum atomic E-state index is -2.25. The molecule has 2 aromatic heterocycles. The number of aryl methyl sites for hydroxylation is 2. The Bertz CT molecular complexity index is 1250. The Kier molecular flexibility index (Phi) is 8.91. The highest BCUT2D eigenvalue weighted by molar-refractivity contribution is 7.80. The van der Waals surface area contributed by atoms with E-state index in [1.165, 1.54) is 17.5 Å². The third kappa shape index (κ3) is 6.74. The number of hydrogen-bond acceptors (Lipinski definition) is 8. The fourth-order valence-corrected chi connectivity index (χ4v) is 3.74. The third-order valence-corrected chi connectivity index (χ3v) is 5.88. The highest BCUT2D eigenvalue weighted by Gasteiger charge is 2.19. The van der Waals surface area contributed by atoms with Crippen LogP contribution in [0.5, 0.6) is 0 Å². The van der Waals surface area contributed by atoms with Gasteiger partial charge in [0.2, 0.25) is 0 Å². The Morgan fingerprint density at radius 2 is 1.86 bits per heavy atom. The lowest BCUT2D eigenvalue weighted by Gasteiger charge is -2.22. The summed E-state index contributed by atoms with van der Waals surface area (Å²) in [6.45, 7) is 9.78. The largest absolute Gasteiger partial charge is 0.353 e. The first-order chi connectivity index (χ1) is 17.1. The van der Waals surface area contributed by atoms with Crippen LogP contribution in [-0.2, 0) is 16.1 Å². The Morgan fingerprint density at radius 3 is 2.50 bits per heavy atom. The molecule has 0 saturated carbocycles. The van der Waals surface area contributed by atoms with Gasteiger partial charge in [0, 0.05) is 31.1 Å². The summed E-state index contributed by atoms with van der Waals surface area (Å²) in [7, 11) is 1.52. The predicted molar refractivity (Wildman–Crippen MR) is 141 cm³/mol. The minimum Gasteiger partial charge on any atom is -0.353 e. The van der Waals surface area contributed by atoms with Crippen molar-refractivity contribution in [3.8, 4) is 0 Å². The van der Waals surface area contributed by atoms with Gasteiger partial charge in [-0.05, 0) is 44.4 Å². The van der Waals surface area contributed by atoms with E-state index in [-0.39, 0.29) is 11.5 Å². The van der Waals surface area contributed by atoms with Crippen molar-refractivity contribution >= 4 is 45.9 Å². The van der Waals surface area contributed by atoms with Gasteiger partial charge in [-0.15, -0.1) is 0 Å². The summed E-state index contributed by atoms with van der Waals surface area (Å²) in [5.74, 6) is 1.32. The highest BCUT2D eigenvalue weighted by atomic mass is 32.2. The van der Waals surface area contributed by atoms with Gasteiger partial charge in [-0.1, -0.05) is 19.9 Å². The van der Waals surface area contributed by atoms with Crippen molar-refractivity contribution in [3.63, 3.8) is 0 Å². The molecule has 3 aromatic rings. The molecule has 4 N–H and O–H groups in total. The number of hydrogen-bond donors (Lipinski definition) is 4. The SMILES string of the molecule is CCONC(=O)c1cnc(Nc2cc(C)nc(C)n2)cc1Nc1ccc(C(C)C)cc1N(C)S(=O)O. The topological polar surface area (TPSA) is 142 Å². The Labute approximate surface area is 213 Å². The van der Waals surface area contributed by atoms with E-state index in [1.54, 1.807) is 26.0 Å². The van der Waals surface area contributed by atoms with Gasteiger partial charge in [0.25, 0.3) is 17.2 Å². The van der Waals surface area contributed by atoms with E-state index in [4.69, 9.17) is 4.84 Å². The van der Waals surface area contributed by atoms with Crippen LogP contribution in [0.15, 0.2) is 36.5 Å². The minimum absolute atomic E-state index is 0.211. The van der Waals surface area contributed by atoms with Crippen molar-refractivity contribution in [1.29, 1.82) is 0 Å². The van der Waals surface area contributed by atoms with Gasteiger partial charge >= 0.3 is 0 Å². The molecule has 0 bridgehead atoms. The lowest BCUT2D eigenvalue weighted by atomic mass is 10.0. The zero-order chi connectivity index (χ0) is 26.4. The fraction of sp³-hybridized carbons (Fsp3) is 0.333. The molecule has 2 heterocycles. The number of aromatic nitrogens is 3. The number of nitrogens with one attached hydrogen (secondary N) is 3. The van der Waals surface area contributed by atoms with Crippen LogP contribution in [0, 0.1) is 13.8 Å². The fourth-order valence-electron chi connectivity index (χ4n) is 3.42. The van der Waals surface area contributed by atoms with Gasteiger partial charge in [0.05, 0.1) is 29.2 Å². The Morgan fingerprint density at radius 1 is 1.11 bits per heavy atom. The average molecular weight is 514 g/mol. The molecule has 1 aromatic carbocycles. The number of anilines is 5. The summed E-state index contributed by atoms with van der Waals surface area (Å²) in [6, 6.07) is 9.02. The molecule has 0 aliphatic rings. The quantitative estimate of drug-likeness (QED) is 0.230. The van der Waals surface area contributed by atoms with Gasteiger partial charge in [0.1, 0.15) is 17.5 Å². The van der Waals surface area contributed by atoms with E-state index < -0.39 is 17.2 Å². The lowest BCUT2D eigenvalue weighted by Crippen LogP contribution is -2.25. The summed E-state index contributed by atoms with van der Waals surface area (Å²) in [5.41, 5.74) is 5.82. The number of rotatable bonds is 10. The second kappa shape index (κ2) is 11.9. The van der Waals surface area contributed by atoms with E-state index in [1.807, 2.05) is 39.0 Å². The Balaban J connectivity index is 2.06. The molecule has 0 aliphatic carbocycles. The van der Waals surface area contributed by atoms with Crippen LogP contribution < -0.4 is 20.4 Å². The van der Waals surface area contributed by atoms with Crippen LogP contribution in [0.2, 0.25) is 0 Å². The maximum atomic E-state index is 12.8. The van der Waals surface area contributed by atoms with E-state index in [0.29, 0.717) is 41.1 Å². The van der Waals surface area contributed by atoms with Crippen LogP contribution >= 0.6 is 0 Å². The van der Waals surface area contributed by atoms with E-state index >= 15 is 0 Å². The molecule has 0 fully saturated rings. The molecule has 0 radical (unpaired) electrons. The summed E-state index contributed by atoms with van der Waals surface area (Å²) in [4.78, 5) is 30.9. The summed E-state index contributed by atoms with van der Waals surface area (Å²) >= 11 is -2.25. The molecular weight excluding hydrogens is 482 g/mol. The van der Waals surface area contributed by atoms with Crippen LogP contribution in [0.25, 0.3) is 0 Å². The number of amides is 1. The van der Waals surface area contributed by atoms with E-state index in [0.717, 1.165) is 11.3 Å². The second-order valence-corrected chi connectivity index (χ2v) is 9.34. The molecule has 0 saturated heterocycles. The smallest absolute Gasteiger partial charge is 0.278 e. The van der Waals surface area contributed by atoms with Gasteiger partial charge in [-0.25, -0.2) is 24.6 Å². The van der Waals surface area contributed by atoms with Crippen LogP contribution in [0.3, 0.4) is 0 Å². The number of carbonyl (C=O) groups excluding carboxylic acids is 1. The zero-order valence-corrected chi connectivity index (χ0v) is 21.9. The van der Waals surface area contributed by atoms with Crippen LogP contribution in [0.4, 0.5) is 28.7 Å². The molecule has 11 nitrogen and oxygen atoms in total. The van der Waals surface area contributed by atoms with Gasteiger partial charge in [-0.2, -0.15) is 0 Å². The molecule has 3 rings (SSSR count). The van der Waals surface area contributed by atoms with E-state index in [9.17, 15) is 13.6 Å². The summed E-state index contributed by atoms with van der Waals surface area (Å²) < 4.78 is 22.9. The summed E-state index contributed by atoms with van der Waals surface area (Å²) in [6.07, 6.45) is 1.41. The summed E-state index contributed by atoms with van der Waals surface area (Å²) in [5, 5.41) is 6.37. The van der Waals surface area contributed by atoms with Gasteiger partial charge in [0.15, 0.2) is 0 Å². The highest BCUT2D eigenvalue weighted by Crippen LogP contribution is 2.34. The molecule has 1 atom stereocenters. The van der Waals surface area contributed by atoms with Crippen molar-refractivity contribution in [2.24, 2.45) is 0 Å². The monoisotopic (exact) mass is 513 g/mol. The predicted octanol–water partition coefficient (Wildman–Crippen LogP) is 4.35. The van der Waals surface area contributed by atoms with E-state index in [2.05, 4.69) is 31.1 Å². The van der Waals surface area contributed by atoms with Crippen molar-refractivity contribution in [2.75, 3.05) is 28.6 Å². The van der Waals surface area contributed by atoms with Crippen molar-refractivity contribution in [3.05, 3.63) is 59.2 Å². The Hall–Kier alpha value is -3.61. The molecule has 0 spiro atoms. The first-order valence-electron chi connectivity index (χ1n) is 11.4. The number of nitrogens with zero attached hydrogens (tertiary/aromatic N) is 4. The number of pyridine rings is 1. The van der Waals surface area contributed by atoms with Crippen molar-refractivity contribution < 1.29 is 18.4 Å². The van der Waals surface area contributed by atoms with Crippen LogP contribution in [-0.4, -0.2) is 43.3 Å². The zero-order valence-electron chi connectivity index (χ0n) is 21.1. The average Bonchev–Trinajstić information content (AvgIpc) is 2.81. The van der Waals surface area contributed by atoms with Crippen molar-refractivity contribution in [2.45, 2.75) is 40.5 Å². The molecule has 1 amide bonds. The normalized spacial score (nSPS) is 11.8.